The Morgan fingerprint density at radius 3 is 2.45 bits per heavy atom. The zero-order valence-corrected chi connectivity index (χ0v) is 12.8. The molecule has 22 heavy (non-hydrogen) atoms. The van der Waals surface area contributed by atoms with Gasteiger partial charge in [0.1, 0.15) is 6.61 Å². The van der Waals surface area contributed by atoms with Gasteiger partial charge in [-0.05, 0) is 37.7 Å². The molecule has 0 unspecified atom stereocenters. The molecule has 0 aliphatic heterocycles. The normalized spacial score (nSPS) is 29.1. The molecule has 0 heterocycles. The maximum Gasteiger partial charge on any atom is 0.407 e. The molecule has 2 fully saturated rings. The number of carbonyl (C=O) groups excluding carboxylic acids is 2. The third-order valence-corrected chi connectivity index (χ3v) is 5.04. The largest absolute Gasteiger partial charge is 0.469 e. The Bertz CT molecular complexity index is 561. The smallest absolute Gasteiger partial charge is 0.407 e. The molecule has 1 aromatic rings. The first-order chi connectivity index (χ1) is 10.6. The van der Waals surface area contributed by atoms with E-state index in [2.05, 4.69) is 5.32 Å². The van der Waals surface area contributed by atoms with Crippen molar-refractivity contribution in [1.29, 1.82) is 0 Å². The van der Waals surface area contributed by atoms with Crippen LogP contribution < -0.4 is 5.32 Å². The molecule has 0 radical (unpaired) electrons. The second-order valence-electron chi connectivity index (χ2n) is 6.42. The summed E-state index contributed by atoms with van der Waals surface area (Å²) < 4.78 is 10.2. The summed E-state index contributed by atoms with van der Waals surface area (Å²) in [7, 11) is 1.43. The number of esters is 1. The van der Waals surface area contributed by atoms with Gasteiger partial charge in [-0.1, -0.05) is 30.3 Å². The number of rotatable bonds is 4. The highest BCUT2D eigenvalue weighted by molar-refractivity contribution is 5.79. The summed E-state index contributed by atoms with van der Waals surface area (Å²) in [6.45, 7) is 0.255. The van der Waals surface area contributed by atoms with Crippen molar-refractivity contribution in [2.75, 3.05) is 7.11 Å². The molecular formula is C17H21NO4. The SMILES string of the molecule is COC(=O)C12CCC(NC(=O)OCc3ccccc3)(CC1)C2. The van der Waals surface area contributed by atoms with Crippen LogP contribution in [-0.4, -0.2) is 24.7 Å². The lowest BCUT2D eigenvalue weighted by molar-refractivity contribution is -0.152. The van der Waals surface area contributed by atoms with Gasteiger partial charge in [-0.2, -0.15) is 0 Å². The van der Waals surface area contributed by atoms with Gasteiger partial charge in [-0.3, -0.25) is 4.79 Å². The van der Waals surface area contributed by atoms with Crippen LogP contribution in [0.25, 0.3) is 0 Å². The molecule has 1 amide bonds. The third-order valence-electron chi connectivity index (χ3n) is 5.04. The van der Waals surface area contributed by atoms with E-state index in [-0.39, 0.29) is 18.1 Å². The number of alkyl carbamates (subject to hydrolysis) is 1. The fraction of sp³-hybridized carbons (Fsp3) is 0.529. The van der Waals surface area contributed by atoms with Crippen LogP contribution in [0.5, 0.6) is 0 Å². The van der Waals surface area contributed by atoms with Gasteiger partial charge in [0.05, 0.1) is 12.5 Å². The van der Waals surface area contributed by atoms with Crippen molar-refractivity contribution in [1.82, 2.24) is 5.32 Å². The maximum absolute atomic E-state index is 12.0. The number of hydrogen-bond donors (Lipinski definition) is 1. The first-order valence-electron chi connectivity index (χ1n) is 7.65. The summed E-state index contributed by atoms with van der Waals surface area (Å²) >= 11 is 0. The third kappa shape index (κ3) is 2.67. The Hall–Kier alpha value is -2.04. The van der Waals surface area contributed by atoms with Gasteiger partial charge in [0.15, 0.2) is 0 Å². The molecule has 5 heteroatoms. The van der Waals surface area contributed by atoms with E-state index < -0.39 is 11.5 Å². The second-order valence-corrected chi connectivity index (χ2v) is 6.42. The number of methoxy groups -OCH3 is 1. The fourth-order valence-corrected chi connectivity index (χ4v) is 3.85. The number of carbonyl (C=O) groups is 2. The molecule has 0 aromatic heterocycles. The molecule has 2 aliphatic carbocycles. The monoisotopic (exact) mass is 303 g/mol. The van der Waals surface area contributed by atoms with Gasteiger partial charge in [-0.15, -0.1) is 0 Å². The van der Waals surface area contributed by atoms with Gasteiger partial charge in [0, 0.05) is 5.54 Å². The van der Waals surface area contributed by atoms with Crippen molar-refractivity contribution < 1.29 is 19.1 Å². The maximum atomic E-state index is 12.0. The topological polar surface area (TPSA) is 64.6 Å². The average molecular weight is 303 g/mol. The van der Waals surface area contributed by atoms with E-state index in [9.17, 15) is 9.59 Å². The minimum atomic E-state index is -0.411. The summed E-state index contributed by atoms with van der Waals surface area (Å²) in [5, 5.41) is 2.99. The van der Waals surface area contributed by atoms with Crippen molar-refractivity contribution >= 4 is 12.1 Å². The molecule has 0 spiro atoms. The zero-order chi connectivity index (χ0) is 15.6. The molecule has 118 valence electrons. The van der Waals surface area contributed by atoms with Gasteiger partial charge in [0.25, 0.3) is 0 Å². The summed E-state index contributed by atoms with van der Waals surface area (Å²) in [6.07, 6.45) is 3.42. The lowest BCUT2D eigenvalue weighted by Gasteiger charge is -2.27. The lowest BCUT2D eigenvalue weighted by atomic mass is 9.84. The van der Waals surface area contributed by atoms with Crippen molar-refractivity contribution in [2.45, 2.75) is 44.2 Å². The number of benzene rings is 1. The van der Waals surface area contributed by atoms with Crippen LogP contribution in [0.3, 0.4) is 0 Å². The van der Waals surface area contributed by atoms with Crippen molar-refractivity contribution in [3.63, 3.8) is 0 Å². The molecule has 2 aliphatic rings. The van der Waals surface area contributed by atoms with E-state index in [1.54, 1.807) is 0 Å². The van der Waals surface area contributed by atoms with Gasteiger partial charge in [-0.25, -0.2) is 4.79 Å². The van der Waals surface area contributed by atoms with Crippen LogP contribution in [0.4, 0.5) is 4.79 Å². The molecular weight excluding hydrogens is 282 g/mol. The summed E-state index contributed by atoms with van der Waals surface area (Å²) in [4.78, 5) is 24.0. The summed E-state index contributed by atoms with van der Waals surface area (Å²) in [5.41, 5.74) is 0.251. The van der Waals surface area contributed by atoms with Crippen LogP contribution >= 0.6 is 0 Å². The number of fused-ring (bicyclic) bond motifs is 2. The fourth-order valence-electron chi connectivity index (χ4n) is 3.85. The minimum absolute atomic E-state index is 0.147. The summed E-state index contributed by atoms with van der Waals surface area (Å²) in [6, 6.07) is 9.58. The number of nitrogens with one attached hydrogen (secondary N) is 1. The molecule has 5 nitrogen and oxygen atoms in total. The van der Waals surface area contributed by atoms with Crippen LogP contribution in [0.15, 0.2) is 30.3 Å². The standard InChI is InChI=1S/C17H21NO4/c1-21-14(19)16-7-9-17(12-16,10-8-16)18-15(20)22-11-13-5-3-2-4-6-13/h2-6H,7-12H2,1H3,(H,18,20). The summed E-state index contributed by atoms with van der Waals surface area (Å²) in [5.74, 6) is -0.147. The van der Waals surface area contributed by atoms with Gasteiger partial charge in [0.2, 0.25) is 0 Å². The Morgan fingerprint density at radius 2 is 1.82 bits per heavy atom. The predicted octanol–water partition coefficient (Wildman–Crippen LogP) is 2.79. The second kappa shape index (κ2) is 5.63. The first kappa shape index (κ1) is 14.9. The Kier molecular flexibility index (Phi) is 3.81. The van der Waals surface area contributed by atoms with Crippen molar-refractivity contribution in [2.24, 2.45) is 5.41 Å². The van der Waals surface area contributed by atoms with Crippen LogP contribution in [0.1, 0.15) is 37.7 Å². The Morgan fingerprint density at radius 1 is 1.14 bits per heavy atom. The molecule has 2 saturated carbocycles. The molecule has 0 atom stereocenters. The van der Waals surface area contributed by atoms with Crippen LogP contribution in [0, 0.1) is 5.41 Å². The molecule has 1 aromatic carbocycles. The van der Waals surface area contributed by atoms with Crippen molar-refractivity contribution in [3.05, 3.63) is 35.9 Å². The molecule has 3 rings (SSSR count). The zero-order valence-electron chi connectivity index (χ0n) is 12.8. The van der Waals surface area contributed by atoms with Crippen molar-refractivity contribution in [3.8, 4) is 0 Å². The van der Waals surface area contributed by atoms with E-state index in [4.69, 9.17) is 9.47 Å². The van der Waals surface area contributed by atoms with Gasteiger partial charge < -0.3 is 14.8 Å². The first-order valence-corrected chi connectivity index (χ1v) is 7.65. The average Bonchev–Trinajstić information content (AvgIpc) is 3.10. The van der Waals surface area contributed by atoms with E-state index >= 15 is 0 Å². The number of ether oxygens (including phenoxy) is 2. The predicted molar refractivity (Wildman–Crippen MR) is 80.0 cm³/mol. The van der Waals surface area contributed by atoms with E-state index in [0.717, 1.165) is 31.2 Å². The minimum Gasteiger partial charge on any atom is -0.469 e. The highest BCUT2D eigenvalue weighted by Crippen LogP contribution is 2.57. The Balaban J connectivity index is 1.56. The van der Waals surface area contributed by atoms with Crippen LogP contribution in [0.2, 0.25) is 0 Å². The van der Waals surface area contributed by atoms with E-state index in [0.29, 0.717) is 6.42 Å². The quantitative estimate of drug-likeness (QED) is 0.869. The Labute approximate surface area is 130 Å². The highest BCUT2D eigenvalue weighted by Gasteiger charge is 2.59. The number of hydrogen-bond acceptors (Lipinski definition) is 4. The van der Waals surface area contributed by atoms with E-state index in [1.165, 1.54) is 7.11 Å². The molecule has 0 saturated heterocycles. The van der Waals surface area contributed by atoms with E-state index in [1.807, 2.05) is 30.3 Å². The van der Waals surface area contributed by atoms with Crippen LogP contribution in [-0.2, 0) is 20.9 Å². The van der Waals surface area contributed by atoms with Gasteiger partial charge >= 0.3 is 12.1 Å². The molecule has 2 bridgehead atoms. The highest BCUT2D eigenvalue weighted by atomic mass is 16.5. The number of amides is 1. The lowest BCUT2D eigenvalue weighted by Crippen LogP contribution is -2.45. The molecule has 1 N–H and O–H groups in total.